The molecule has 7 heteroatoms. The number of aromatic nitrogens is 2. The van der Waals surface area contributed by atoms with Crippen molar-refractivity contribution in [3.63, 3.8) is 0 Å². The van der Waals surface area contributed by atoms with Crippen molar-refractivity contribution in [1.29, 1.82) is 0 Å². The molecule has 0 saturated heterocycles. The van der Waals surface area contributed by atoms with Crippen molar-refractivity contribution >= 4 is 17.7 Å². The third-order valence-corrected chi connectivity index (χ3v) is 5.59. The van der Waals surface area contributed by atoms with Crippen LogP contribution in [0.4, 0.5) is 10.5 Å². The van der Waals surface area contributed by atoms with E-state index in [-0.39, 0.29) is 18.1 Å². The Hall–Kier alpha value is -3.61. The van der Waals surface area contributed by atoms with E-state index in [2.05, 4.69) is 27.8 Å². The Morgan fingerprint density at radius 2 is 2.03 bits per heavy atom. The Labute approximate surface area is 175 Å². The molecular weight excluding hydrogens is 380 g/mol. The van der Waals surface area contributed by atoms with E-state index in [4.69, 9.17) is 4.74 Å². The van der Waals surface area contributed by atoms with Crippen LogP contribution < -0.4 is 10.6 Å². The fraction of sp³-hybridized carbons (Fsp3) is 0.261. The van der Waals surface area contributed by atoms with E-state index >= 15 is 0 Å². The minimum Gasteiger partial charge on any atom is -0.465 e. The smallest absolute Gasteiger partial charge is 0.337 e. The van der Waals surface area contributed by atoms with Crippen LogP contribution in [-0.4, -0.2) is 28.7 Å². The number of nitrogens with zero attached hydrogens (tertiary/aromatic N) is 2. The second-order valence-corrected chi connectivity index (χ2v) is 7.41. The second kappa shape index (κ2) is 8.41. The number of carbonyl (C=O) groups is 2. The van der Waals surface area contributed by atoms with E-state index in [0.29, 0.717) is 11.3 Å². The van der Waals surface area contributed by atoms with Gasteiger partial charge in [0, 0.05) is 18.1 Å². The molecule has 0 bridgehead atoms. The van der Waals surface area contributed by atoms with Crippen LogP contribution in [0.5, 0.6) is 0 Å². The van der Waals surface area contributed by atoms with Gasteiger partial charge in [-0.3, -0.25) is 0 Å². The largest absolute Gasteiger partial charge is 0.465 e. The molecule has 0 fully saturated rings. The molecule has 2 unspecified atom stereocenters. The van der Waals surface area contributed by atoms with Crippen LogP contribution in [0.25, 0.3) is 0 Å². The van der Waals surface area contributed by atoms with Crippen LogP contribution in [0.15, 0.2) is 61.2 Å². The van der Waals surface area contributed by atoms with Crippen molar-refractivity contribution < 1.29 is 14.3 Å². The van der Waals surface area contributed by atoms with E-state index in [9.17, 15) is 9.59 Å². The lowest BCUT2D eigenvalue weighted by Gasteiger charge is -2.35. The summed E-state index contributed by atoms with van der Waals surface area (Å²) in [4.78, 5) is 28.9. The van der Waals surface area contributed by atoms with Crippen molar-refractivity contribution in [3.8, 4) is 0 Å². The highest BCUT2D eigenvalue weighted by Crippen LogP contribution is 2.37. The first-order chi connectivity index (χ1) is 14.6. The highest BCUT2D eigenvalue weighted by Gasteiger charge is 2.31. The summed E-state index contributed by atoms with van der Waals surface area (Å²) in [5.74, 6) is -0.445. The molecular formula is C23H24N4O3. The van der Waals surface area contributed by atoms with Gasteiger partial charge in [0.1, 0.15) is 0 Å². The van der Waals surface area contributed by atoms with Crippen molar-refractivity contribution in [2.75, 3.05) is 12.4 Å². The minimum absolute atomic E-state index is 0.0654. The lowest BCUT2D eigenvalue weighted by molar-refractivity contribution is 0.0600. The zero-order valence-electron chi connectivity index (χ0n) is 17.0. The maximum Gasteiger partial charge on any atom is 0.337 e. The van der Waals surface area contributed by atoms with Crippen molar-refractivity contribution in [3.05, 3.63) is 83.4 Å². The molecule has 2 aromatic carbocycles. The quantitative estimate of drug-likeness (QED) is 0.643. The van der Waals surface area contributed by atoms with Gasteiger partial charge < -0.3 is 19.9 Å². The lowest BCUT2D eigenvalue weighted by atomic mass is 9.84. The molecule has 0 spiro atoms. The van der Waals surface area contributed by atoms with Crippen molar-refractivity contribution in [2.45, 2.75) is 31.8 Å². The first kappa shape index (κ1) is 19.7. The number of imidazole rings is 1. The Morgan fingerprint density at radius 1 is 1.20 bits per heavy atom. The van der Waals surface area contributed by atoms with Crippen LogP contribution >= 0.6 is 0 Å². The summed E-state index contributed by atoms with van der Waals surface area (Å²) in [7, 11) is 1.33. The van der Waals surface area contributed by atoms with Gasteiger partial charge in [0.05, 0.1) is 31.1 Å². The zero-order chi connectivity index (χ0) is 21.1. The van der Waals surface area contributed by atoms with Gasteiger partial charge in [-0.05, 0) is 48.6 Å². The molecule has 154 valence electrons. The summed E-state index contributed by atoms with van der Waals surface area (Å²) < 4.78 is 6.82. The summed E-state index contributed by atoms with van der Waals surface area (Å²) in [6.07, 6.45) is 7.30. The summed E-state index contributed by atoms with van der Waals surface area (Å²) in [5.41, 5.74) is 4.16. The zero-order valence-corrected chi connectivity index (χ0v) is 17.0. The molecule has 2 N–H and O–H groups in total. The predicted molar refractivity (Wildman–Crippen MR) is 113 cm³/mol. The number of amides is 2. The number of esters is 1. The van der Waals surface area contributed by atoms with E-state index in [0.717, 1.165) is 24.0 Å². The van der Waals surface area contributed by atoms with E-state index in [1.54, 1.807) is 30.7 Å². The first-order valence-corrected chi connectivity index (χ1v) is 9.88. The summed E-state index contributed by atoms with van der Waals surface area (Å²) in [6.45, 7) is 1.88. The van der Waals surface area contributed by atoms with Gasteiger partial charge in [0.15, 0.2) is 0 Å². The third-order valence-electron chi connectivity index (χ3n) is 5.59. The molecule has 0 aliphatic heterocycles. The standard InChI is InChI=1S/C23H24N4O3/c1-15-7-8-17(22(28)30-2)13-19(15)25-23(29)26-21-18-6-4-3-5-16(18)9-10-20(21)27-12-11-24-14-27/h3-8,11-14,20-21H,9-10H2,1-2H3,(H2,25,26,29). The normalized spacial score (nSPS) is 17.7. The number of fused-ring (bicyclic) bond motifs is 1. The molecule has 4 rings (SSSR count). The fourth-order valence-corrected chi connectivity index (χ4v) is 4.00. The van der Waals surface area contributed by atoms with Gasteiger partial charge in [0.25, 0.3) is 0 Å². The maximum absolute atomic E-state index is 12.9. The SMILES string of the molecule is COC(=O)c1ccc(C)c(NC(=O)NC2c3ccccc3CCC2n2ccnc2)c1. The highest BCUT2D eigenvalue weighted by molar-refractivity contribution is 5.94. The van der Waals surface area contributed by atoms with Crippen LogP contribution in [0.1, 0.15) is 45.6 Å². The Kier molecular flexibility index (Phi) is 5.52. The summed E-state index contributed by atoms with van der Waals surface area (Å²) >= 11 is 0. The molecule has 0 saturated carbocycles. The van der Waals surface area contributed by atoms with E-state index in [1.807, 2.05) is 29.8 Å². The Balaban J connectivity index is 1.58. The third kappa shape index (κ3) is 3.91. The first-order valence-electron chi connectivity index (χ1n) is 9.88. The van der Waals surface area contributed by atoms with Gasteiger partial charge in [-0.2, -0.15) is 0 Å². The maximum atomic E-state index is 12.9. The molecule has 30 heavy (non-hydrogen) atoms. The van der Waals surface area contributed by atoms with Crippen LogP contribution in [-0.2, 0) is 11.2 Å². The number of benzene rings is 2. The number of anilines is 1. The number of hydrogen-bond acceptors (Lipinski definition) is 4. The summed E-state index contributed by atoms with van der Waals surface area (Å²) in [6, 6.07) is 12.8. The summed E-state index contributed by atoms with van der Waals surface area (Å²) in [5, 5.41) is 6.03. The molecule has 1 aromatic heterocycles. The van der Waals surface area contributed by atoms with Crippen molar-refractivity contribution in [2.24, 2.45) is 0 Å². The number of aryl methyl sites for hydroxylation is 2. The highest BCUT2D eigenvalue weighted by atomic mass is 16.5. The molecule has 1 aliphatic rings. The number of nitrogens with one attached hydrogen (secondary N) is 2. The van der Waals surface area contributed by atoms with Crippen molar-refractivity contribution in [1.82, 2.24) is 14.9 Å². The lowest BCUT2D eigenvalue weighted by Crippen LogP contribution is -2.39. The number of ether oxygens (including phenoxy) is 1. The molecule has 2 amide bonds. The molecule has 2 atom stereocenters. The number of hydrogen-bond donors (Lipinski definition) is 2. The molecule has 7 nitrogen and oxygen atoms in total. The van der Waals surface area contributed by atoms with Gasteiger partial charge in [0.2, 0.25) is 0 Å². The van der Waals surface area contributed by atoms with Crippen LogP contribution in [0.2, 0.25) is 0 Å². The second-order valence-electron chi connectivity index (χ2n) is 7.41. The van der Waals surface area contributed by atoms with Crippen LogP contribution in [0, 0.1) is 6.92 Å². The predicted octanol–water partition coefficient (Wildman–Crippen LogP) is 4.03. The number of carbonyl (C=O) groups excluding carboxylic acids is 2. The average Bonchev–Trinajstić information content (AvgIpc) is 3.29. The Morgan fingerprint density at radius 3 is 2.80 bits per heavy atom. The molecule has 1 aliphatic carbocycles. The monoisotopic (exact) mass is 404 g/mol. The topological polar surface area (TPSA) is 85.2 Å². The van der Waals surface area contributed by atoms with Gasteiger partial charge in [-0.25, -0.2) is 14.6 Å². The average molecular weight is 404 g/mol. The van der Waals surface area contributed by atoms with Crippen LogP contribution in [0.3, 0.4) is 0 Å². The number of methoxy groups -OCH3 is 1. The van der Waals surface area contributed by atoms with E-state index in [1.165, 1.54) is 12.7 Å². The number of rotatable bonds is 4. The molecule has 3 aromatic rings. The fourth-order valence-electron chi connectivity index (χ4n) is 4.00. The number of urea groups is 1. The van der Waals surface area contributed by atoms with Gasteiger partial charge in [-0.15, -0.1) is 0 Å². The molecule has 1 heterocycles. The Bertz CT molecular complexity index is 1060. The van der Waals surface area contributed by atoms with Gasteiger partial charge in [-0.1, -0.05) is 30.3 Å². The van der Waals surface area contributed by atoms with Gasteiger partial charge >= 0.3 is 12.0 Å². The van der Waals surface area contributed by atoms with E-state index < -0.39 is 5.97 Å². The minimum atomic E-state index is -0.445. The molecule has 0 radical (unpaired) electrons.